The van der Waals surface area contributed by atoms with E-state index in [9.17, 15) is 13.2 Å². The molecule has 1 aliphatic carbocycles. The van der Waals surface area contributed by atoms with Crippen molar-refractivity contribution in [3.63, 3.8) is 0 Å². The minimum Gasteiger partial charge on any atom is -0.377 e. The number of rotatable bonds is 6. The summed E-state index contributed by atoms with van der Waals surface area (Å²) < 4.78 is 32.8. The highest BCUT2D eigenvalue weighted by Gasteiger charge is 2.24. The van der Waals surface area contributed by atoms with Gasteiger partial charge in [0, 0.05) is 31.8 Å². The van der Waals surface area contributed by atoms with Crippen molar-refractivity contribution in [2.75, 3.05) is 20.2 Å². The van der Waals surface area contributed by atoms with Gasteiger partial charge in [0.25, 0.3) is 5.91 Å². The summed E-state index contributed by atoms with van der Waals surface area (Å²) in [7, 11) is -1.75. The van der Waals surface area contributed by atoms with E-state index in [1.807, 2.05) is 7.05 Å². The zero-order chi connectivity index (χ0) is 18.6. The third-order valence-corrected chi connectivity index (χ3v) is 6.82. The lowest BCUT2D eigenvalue weighted by Crippen LogP contribution is -2.38. The third kappa shape index (κ3) is 4.64. The molecule has 144 valence electrons. The van der Waals surface area contributed by atoms with E-state index in [0.29, 0.717) is 12.2 Å². The predicted molar refractivity (Wildman–Crippen MR) is 99.6 cm³/mol. The highest BCUT2D eigenvalue weighted by Crippen LogP contribution is 2.23. The molecule has 0 spiro atoms. The summed E-state index contributed by atoms with van der Waals surface area (Å²) in [5, 5.41) is 0. The molecule has 0 aromatic heterocycles. The van der Waals surface area contributed by atoms with Crippen molar-refractivity contribution in [1.82, 2.24) is 9.62 Å². The molecular formula is C19H28N2O4S. The first-order valence-electron chi connectivity index (χ1n) is 9.46. The number of carbonyl (C=O) groups is 1. The molecule has 1 N–H and O–H groups in total. The van der Waals surface area contributed by atoms with Crippen LogP contribution in [0.4, 0.5) is 0 Å². The molecule has 1 heterocycles. The average molecular weight is 381 g/mol. The van der Waals surface area contributed by atoms with Crippen LogP contribution < -0.4 is 4.72 Å². The van der Waals surface area contributed by atoms with Gasteiger partial charge in [-0.1, -0.05) is 19.3 Å². The summed E-state index contributed by atoms with van der Waals surface area (Å²) in [6.45, 7) is 0.977. The Bertz CT molecular complexity index is 706. The van der Waals surface area contributed by atoms with Crippen LogP contribution in [0, 0.1) is 0 Å². The lowest BCUT2D eigenvalue weighted by atomic mass is 9.94. The second-order valence-electron chi connectivity index (χ2n) is 7.22. The van der Waals surface area contributed by atoms with Crippen LogP contribution in [0.5, 0.6) is 0 Å². The van der Waals surface area contributed by atoms with Crippen LogP contribution in [-0.2, 0) is 14.8 Å². The molecule has 1 saturated heterocycles. The van der Waals surface area contributed by atoms with Gasteiger partial charge < -0.3 is 9.64 Å². The van der Waals surface area contributed by atoms with Gasteiger partial charge in [0.2, 0.25) is 10.0 Å². The first-order valence-corrected chi connectivity index (χ1v) is 10.9. The highest BCUT2D eigenvalue weighted by molar-refractivity contribution is 7.89. The Morgan fingerprint density at radius 1 is 1.12 bits per heavy atom. The highest BCUT2D eigenvalue weighted by atomic mass is 32.2. The number of nitrogens with one attached hydrogen (secondary N) is 1. The number of nitrogens with zero attached hydrogens (tertiary/aromatic N) is 1. The fraction of sp³-hybridized carbons (Fsp3) is 0.632. The van der Waals surface area contributed by atoms with E-state index in [0.717, 1.165) is 38.5 Å². The van der Waals surface area contributed by atoms with E-state index in [-0.39, 0.29) is 29.5 Å². The Morgan fingerprint density at radius 3 is 2.42 bits per heavy atom. The van der Waals surface area contributed by atoms with E-state index in [1.165, 1.54) is 18.6 Å². The molecule has 1 atom stereocenters. The monoisotopic (exact) mass is 380 g/mol. The van der Waals surface area contributed by atoms with Gasteiger partial charge in [0.05, 0.1) is 11.0 Å². The van der Waals surface area contributed by atoms with Crippen LogP contribution >= 0.6 is 0 Å². The molecule has 0 bridgehead atoms. The van der Waals surface area contributed by atoms with Crippen molar-refractivity contribution in [2.45, 2.75) is 62.0 Å². The summed E-state index contributed by atoms with van der Waals surface area (Å²) in [6.07, 6.45) is 7.45. The standard InChI is InChI=1S/C19H28N2O4S/c1-21(16-6-3-2-4-7-16)19(22)15-9-11-18(12-10-15)26(23,24)20-14-17-8-5-13-25-17/h9-12,16-17,20H,2-8,13-14H2,1H3/t17-/m1/s1. The Hall–Kier alpha value is -1.44. The van der Waals surface area contributed by atoms with Crippen molar-refractivity contribution in [2.24, 2.45) is 0 Å². The quantitative estimate of drug-likeness (QED) is 0.823. The molecule has 1 saturated carbocycles. The van der Waals surface area contributed by atoms with E-state index >= 15 is 0 Å². The van der Waals surface area contributed by atoms with E-state index in [1.54, 1.807) is 17.0 Å². The van der Waals surface area contributed by atoms with Crippen molar-refractivity contribution in [3.8, 4) is 0 Å². The molecule has 3 rings (SSSR count). The number of hydrogen-bond donors (Lipinski definition) is 1. The first kappa shape index (κ1) is 19.3. The van der Waals surface area contributed by atoms with Gasteiger partial charge in [-0.3, -0.25) is 4.79 Å². The average Bonchev–Trinajstić information content (AvgIpc) is 3.20. The first-order chi connectivity index (χ1) is 12.5. The number of sulfonamides is 1. The number of benzene rings is 1. The summed E-state index contributed by atoms with van der Waals surface area (Å²) in [6, 6.07) is 6.48. The molecule has 2 aliphatic rings. The normalized spacial score (nSPS) is 21.7. The van der Waals surface area contributed by atoms with Crippen molar-refractivity contribution in [1.29, 1.82) is 0 Å². The predicted octanol–water partition coefficient (Wildman–Crippen LogP) is 2.55. The zero-order valence-corrected chi connectivity index (χ0v) is 16.1. The van der Waals surface area contributed by atoms with Gasteiger partial charge in [0.15, 0.2) is 0 Å². The zero-order valence-electron chi connectivity index (χ0n) is 15.3. The Morgan fingerprint density at radius 2 is 1.81 bits per heavy atom. The third-order valence-electron chi connectivity index (χ3n) is 5.38. The van der Waals surface area contributed by atoms with Crippen molar-refractivity contribution in [3.05, 3.63) is 29.8 Å². The Labute approximate surface area is 156 Å². The summed E-state index contributed by atoms with van der Waals surface area (Å²) >= 11 is 0. The molecule has 26 heavy (non-hydrogen) atoms. The van der Waals surface area contributed by atoms with E-state index in [4.69, 9.17) is 4.74 Å². The van der Waals surface area contributed by atoms with Crippen LogP contribution in [0.2, 0.25) is 0 Å². The second-order valence-corrected chi connectivity index (χ2v) is 8.99. The molecule has 2 fully saturated rings. The maximum absolute atomic E-state index is 12.6. The summed E-state index contributed by atoms with van der Waals surface area (Å²) in [4.78, 5) is 14.6. The largest absolute Gasteiger partial charge is 0.377 e. The van der Waals surface area contributed by atoms with Gasteiger partial charge in [-0.05, 0) is 49.9 Å². The maximum atomic E-state index is 12.6. The number of amides is 1. The summed E-state index contributed by atoms with van der Waals surface area (Å²) in [5.41, 5.74) is 0.524. The van der Waals surface area contributed by atoms with Crippen LogP contribution in [0.15, 0.2) is 29.2 Å². The molecule has 6 nitrogen and oxygen atoms in total. The van der Waals surface area contributed by atoms with E-state index < -0.39 is 10.0 Å². The summed E-state index contributed by atoms with van der Waals surface area (Å²) in [5.74, 6) is -0.0480. The van der Waals surface area contributed by atoms with Crippen molar-refractivity contribution >= 4 is 15.9 Å². The minimum absolute atomic E-state index is 0.0465. The fourth-order valence-electron chi connectivity index (χ4n) is 3.71. The Balaban J connectivity index is 1.62. The molecular weight excluding hydrogens is 352 g/mol. The molecule has 0 unspecified atom stereocenters. The molecule has 1 amide bonds. The van der Waals surface area contributed by atoms with Gasteiger partial charge in [-0.2, -0.15) is 0 Å². The topological polar surface area (TPSA) is 75.7 Å². The molecule has 1 aromatic rings. The SMILES string of the molecule is CN(C(=O)c1ccc(S(=O)(=O)NC[C@H]2CCCO2)cc1)C1CCCCC1. The van der Waals surface area contributed by atoms with Crippen LogP contribution in [-0.4, -0.2) is 51.6 Å². The minimum atomic E-state index is -3.59. The second kappa shape index (κ2) is 8.50. The smallest absolute Gasteiger partial charge is 0.253 e. The van der Waals surface area contributed by atoms with Gasteiger partial charge in [-0.25, -0.2) is 13.1 Å². The van der Waals surface area contributed by atoms with Crippen LogP contribution in [0.25, 0.3) is 0 Å². The number of ether oxygens (including phenoxy) is 1. The number of hydrogen-bond acceptors (Lipinski definition) is 4. The van der Waals surface area contributed by atoms with Gasteiger partial charge in [0.1, 0.15) is 0 Å². The van der Waals surface area contributed by atoms with Crippen LogP contribution in [0.3, 0.4) is 0 Å². The Kier molecular flexibility index (Phi) is 6.32. The molecule has 1 aliphatic heterocycles. The lowest BCUT2D eigenvalue weighted by Gasteiger charge is -2.31. The van der Waals surface area contributed by atoms with Crippen molar-refractivity contribution < 1.29 is 17.9 Å². The van der Waals surface area contributed by atoms with Gasteiger partial charge in [-0.15, -0.1) is 0 Å². The molecule has 1 aromatic carbocycles. The van der Waals surface area contributed by atoms with Crippen LogP contribution in [0.1, 0.15) is 55.3 Å². The molecule has 7 heteroatoms. The van der Waals surface area contributed by atoms with E-state index in [2.05, 4.69) is 4.72 Å². The molecule has 0 radical (unpaired) electrons. The van der Waals surface area contributed by atoms with Gasteiger partial charge >= 0.3 is 0 Å². The lowest BCUT2D eigenvalue weighted by molar-refractivity contribution is 0.0696. The fourth-order valence-corrected chi connectivity index (χ4v) is 4.77. The number of carbonyl (C=O) groups excluding carboxylic acids is 1. The maximum Gasteiger partial charge on any atom is 0.253 e.